The standard InChI is InChI=1S/C19H15F4N7O3/c20-13-1-2-14(27-17(31)18-25-4-6-32-18)15(16(13)33-19(21,22)23)11-7-12(29(8-11)10-24)9-30-5-3-26-28-30/h1-6,11-12H,7-9H2,(H,27,31)/t11-,12-/m0/s1. The van der Waals surface area contributed by atoms with E-state index in [9.17, 15) is 27.6 Å². The van der Waals surface area contributed by atoms with Crippen molar-refractivity contribution in [1.29, 1.82) is 5.26 Å². The van der Waals surface area contributed by atoms with Gasteiger partial charge < -0.3 is 19.4 Å². The van der Waals surface area contributed by atoms with Gasteiger partial charge in [-0.15, -0.1) is 18.3 Å². The molecule has 0 unspecified atom stereocenters. The number of nitrogens with one attached hydrogen (secondary N) is 1. The molecular formula is C19H15F4N7O3. The zero-order chi connectivity index (χ0) is 23.6. The Labute approximate surface area is 183 Å². The summed E-state index contributed by atoms with van der Waals surface area (Å²) in [5, 5.41) is 19.5. The first-order valence-corrected chi connectivity index (χ1v) is 9.54. The average Bonchev–Trinajstić information content (AvgIpc) is 3.51. The van der Waals surface area contributed by atoms with Crippen molar-refractivity contribution in [2.24, 2.45) is 0 Å². The van der Waals surface area contributed by atoms with Crippen LogP contribution in [0.25, 0.3) is 0 Å². The van der Waals surface area contributed by atoms with Crippen LogP contribution in [-0.2, 0) is 6.54 Å². The SMILES string of the molecule is N#CN1C[C@@H](c2c(NC(=O)c3ncco3)ccc(F)c2OC(F)(F)F)C[C@H]1Cn1ccnn1. The lowest BCUT2D eigenvalue weighted by Crippen LogP contribution is -2.29. The predicted molar refractivity (Wildman–Crippen MR) is 101 cm³/mol. The smallest absolute Gasteiger partial charge is 0.441 e. The highest BCUT2D eigenvalue weighted by Crippen LogP contribution is 2.44. The van der Waals surface area contributed by atoms with E-state index in [4.69, 9.17) is 4.42 Å². The summed E-state index contributed by atoms with van der Waals surface area (Å²) in [6, 6.07) is 1.41. The lowest BCUT2D eigenvalue weighted by Gasteiger charge is -2.21. The number of nitrogens with zero attached hydrogens (tertiary/aromatic N) is 6. The molecule has 33 heavy (non-hydrogen) atoms. The van der Waals surface area contributed by atoms with Crippen molar-refractivity contribution in [2.45, 2.75) is 31.3 Å². The van der Waals surface area contributed by atoms with Crippen molar-refractivity contribution in [3.8, 4) is 11.9 Å². The Balaban J connectivity index is 1.71. The van der Waals surface area contributed by atoms with Crippen LogP contribution in [-0.4, -0.2) is 49.7 Å². The first-order valence-electron chi connectivity index (χ1n) is 9.54. The predicted octanol–water partition coefficient (Wildman–Crippen LogP) is 2.90. The van der Waals surface area contributed by atoms with Crippen LogP contribution in [0.15, 0.2) is 41.4 Å². The number of carbonyl (C=O) groups excluding carboxylic acids is 1. The minimum atomic E-state index is -5.19. The molecule has 2 aromatic heterocycles. The largest absolute Gasteiger partial charge is 0.573 e. The number of benzene rings is 1. The molecule has 14 heteroatoms. The molecule has 3 aromatic rings. The molecule has 0 radical (unpaired) electrons. The Morgan fingerprint density at radius 2 is 2.18 bits per heavy atom. The molecule has 0 saturated carbocycles. The second-order valence-corrected chi connectivity index (χ2v) is 7.14. The van der Waals surface area contributed by atoms with E-state index in [1.54, 1.807) is 6.20 Å². The van der Waals surface area contributed by atoms with E-state index in [1.807, 2.05) is 6.19 Å². The summed E-state index contributed by atoms with van der Waals surface area (Å²) in [5.41, 5.74) is -0.350. The van der Waals surface area contributed by atoms with Gasteiger partial charge in [-0.3, -0.25) is 9.48 Å². The average molecular weight is 465 g/mol. The van der Waals surface area contributed by atoms with E-state index in [0.29, 0.717) is 0 Å². The Morgan fingerprint density at radius 3 is 2.82 bits per heavy atom. The molecule has 3 heterocycles. The fraction of sp³-hybridized carbons (Fsp3) is 0.316. The number of halogens is 4. The number of ether oxygens (including phenoxy) is 1. The van der Waals surface area contributed by atoms with Crippen LogP contribution in [0.2, 0.25) is 0 Å². The summed E-state index contributed by atoms with van der Waals surface area (Å²) in [5.74, 6) is -4.31. The van der Waals surface area contributed by atoms with Crippen molar-refractivity contribution in [2.75, 3.05) is 11.9 Å². The van der Waals surface area contributed by atoms with Gasteiger partial charge >= 0.3 is 12.3 Å². The molecule has 10 nitrogen and oxygen atoms in total. The molecule has 0 aliphatic carbocycles. The zero-order valence-corrected chi connectivity index (χ0v) is 16.7. The number of amides is 1. The topological polar surface area (TPSA) is 122 Å². The highest BCUT2D eigenvalue weighted by Gasteiger charge is 2.40. The molecule has 1 fully saturated rings. The molecule has 0 bridgehead atoms. The van der Waals surface area contributed by atoms with Gasteiger partial charge in [0.2, 0.25) is 0 Å². The van der Waals surface area contributed by atoms with Gasteiger partial charge in [0.1, 0.15) is 6.26 Å². The van der Waals surface area contributed by atoms with E-state index in [0.717, 1.165) is 18.4 Å². The van der Waals surface area contributed by atoms with E-state index in [-0.39, 0.29) is 36.7 Å². The van der Waals surface area contributed by atoms with Crippen LogP contribution >= 0.6 is 0 Å². The number of rotatable bonds is 6. The molecular weight excluding hydrogens is 450 g/mol. The van der Waals surface area contributed by atoms with Crippen molar-refractivity contribution in [3.05, 3.63) is 54.3 Å². The molecule has 1 aliphatic rings. The lowest BCUT2D eigenvalue weighted by molar-refractivity contribution is -0.275. The van der Waals surface area contributed by atoms with E-state index >= 15 is 0 Å². The van der Waals surface area contributed by atoms with Gasteiger partial charge in [-0.05, 0) is 18.6 Å². The Morgan fingerprint density at radius 1 is 1.36 bits per heavy atom. The van der Waals surface area contributed by atoms with Crippen LogP contribution in [0.5, 0.6) is 5.75 Å². The van der Waals surface area contributed by atoms with Crippen LogP contribution < -0.4 is 10.1 Å². The Kier molecular flexibility index (Phi) is 5.86. The van der Waals surface area contributed by atoms with E-state index in [2.05, 4.69) is 25.3 Å². The minimum absolute atomic E-state index is 0.0323. The van der Waals surface area contributed by atoms with Crippen molar-refractivity contribution >= 4 is 11.6 Å². The fourth-order valence-corrected chi connectivity index (χ4v) is 3.79. The third-order valence-electron chi connectivity index (χ3n) is 5.06. The van der Waals surface area contributed by atoms with Crippen molar-refractivity contribution in [3.63, 3.8) is 0 Å². The minimum Gasteiger partial charge on any atom is -0.441 e. The van der Waals surface area contributed by atoms with E-state index < -0.39 is 35.8 Å². The molecule has 172 valence electrons. The van der Waals surface area contributed by atoms with Crippen LogP contribution in [0.4, 0.5) is 23.2 Å². The quantitative estimate of drug-likeness (QED) is 0.436. The number of hydrogen-bond acceptors (Lipinski definition) is 8. The monoisotopic (exact) mass is 465 g/mol. The van der Waals surface area contributed by atoms with Gasteiger partial charge in [-0.1, -0.05) is 5.21 Å². The Hall–Kier alpha value is -4.15. The van der Waals surface area contributed by atoms with Gasteiger partial charge in [0.15, 0.2) is 17.8 Å². The third-order valence-corrected chi connectivity index (χ3v) is 5.06. The highest BCUT2D eigenvalue weighted by molar-refractivity contribution is 6.01. The van der Waals surface area contributed by atoms with Gasteiger partial charge in [0.05, 0.1) is 25.0 Å². The summed E-state index contributed by atoms with van der Waals surface area (Å²) in [6.45, 7) is 0.197. The van der Waals surface area contributed by atoms with Gasteiger partial charge in [0.25, 0.3) is 5.89 Å². The molecule has 1 N–H and O–H groups in total. The van der Waals surface area contributed by atoms with Gasteiger partial charge in [-0.2, -0.15) is 5.26 Å². The maximum atomic E-state index is 14.5. The third kappa shape index (κ3) is 4.86. The lowest BCUT2D eigenvalue weighted by atomic mass is 9.93. The van der Waals surface area contributed by atoms with Crippen LogP contribution in [0, 0.1) is 17.3 Å². The van der Waals surface area contributed by atoms with Crippen LogP contribution in [0.1, 0.15) is 28.6 Å². The molecule has 0 spiro atoms. The summed E-state index contributed by atoms with van der Waals surface area (Å²) in [7, 11) is 0. The van der Waals surface area contributed by atoms with Crippen LogP contribution in [0.3, 0.4) is 0 Å². The number of carbonyl (C=O) groups is 1. The maximum absolute atomic E-state index is 14.5. The molecule has 1 amide bonds. The first kappa shape index (κ1) is 22.1. The number of alkyl halides is 3. The second-order valence-electron chi connectivity index (χ2n) is 7.14. The summed E-state index contributed by atoms with van der Waals surface area (Å²) in [6.07, 6.45) is 2.35. The number of nitriles is 1. The highest BCUT2D eigenvalue weighted by atomic mass is 19.4. The number of likely N-dealkylation sites (tertiary alicyclic amines) is 1. The van der Waals surface area contributed by atoms with Crippen molar-refractivity contribution < 1.29 is 31.5 Å². The fourth-order valence-electron chi connectivity index (χ4n) is 3.79. The number of oxazole rings is 1. The number of anilines is 1. The summed E-state index contributed by atoms with van der Waals surface area (Å²) >= 11 is 0. The second kappa shape index (κ2) is 8.77. The number of hydrogen-bond donors (Lipinski definition) is 1. The van der Waals surface area contributed by atoms with Gasteiger partial charge in [-0.25, -0.2) is 9.37 Å². The maximum Gasteiger partial charge on any atom is 0.573 e. The molecule has 1 aliphatic heterocycles. The molecule has 2 atom stereocenters. The zero-order valence-electron chi connectivity index (χ0n) is 16.7. The molecule has 1 aromatic carbocycles. The van der Waals surface area contributed by atoms with Gasteiger partial charge in [0, 0.05) is 29.9 Å². The molecule has 1 saturated heterocycles. The molecule has 4 rings (SSSR count). The normalized spacial score (nSPS) is 18.2. The summed E-state index contributed by atoms with van der Waals surface area (Å²) < 4.78 is 64.2. The number of aromatic nitrogens is 4. The summed E-state index contributed by atoms with van der Waals surface area (Å²) in [4.78, 5) is 17.5. The van der Waals surface area contributed by atoms with Crippen molar-refractivity contribution in [1.82, 2.24) is 24.9 Å². The first-order chi connectivity index (χ1) is 15.7. The van der Waals surface area contributed by atoms with E-state index in [1.165, 1.54) is 22.0 Å². The Bertz CT molecular complexity index is 1160.